The summed E-state index contributed by atoms with van der Waals surface area (Å²) in [6.07, 6.45) is 3.78. The quantitative estimate of drug-likeness (QED) is 0.502. The number of sulfone groups is 1. The van der Waals surface area contributed by atoms with Crippen molar-refractivity contribution in [2.75, 3.05) is 18.2 Å². The Morgan fingerprint density at radius 2 is 1.70 bits per heavy atom. The van der Waals surface area contributed by atoms with Gasteiger partial charge in [-0.1, -0.05) is 24.3 Å². The van der Waals surface area contributed by atoms with Crippen molar-refractivity contribution in [1.29, 1.82) is 0 Å². The van der Waals surface area contributed by atoms with E-state index in [0.29, 0.717) is 11.1 Å². The Labute approximate surface area is 190 Å². The van der Waals surface area contributed by atoms with Crippen LogP contribution in [0, 0.1) is 5.82 Å². The van der Waals surface area contributed by atoms with E-state index in [-0.39, 0.29) is 29.4 Å². The van der Waals surface area contributed by atoms with Crippen LogP contribution in [0.25, 0.3) is 0 Å². The number of hydrogen-bond donors (Lipinski definition) is 1. The molecule has 3 aromatic rings. The highest BCUT2D eigenvalue weighted by atomic mass is 32.2. The summed E-state index contributed by atoms with van der Waals surface area (Å²) in [4.78, 5) is 33.0. The average Bonchev–Trinajstić information content (AvgIpc) is 2.79. The van der Waals surface area contributed by atoms with E-state index in [1.54, 1.807) is 31.2 Å². The van der Waals surface area contributed by atoms with E-state index in [1.807, 2.05) is 0 Å². The van der Waals surface area contributed by atoms with Gasteiger partial charge in [-0.05, 0) is 48.7 Å². The molecule has 0 aliphatic carbocycles. The molecule has 1 N–H and O–H groups in total. The van der Waals surface area contributed by atoms with Crippen molar-refractivity contribution in [3.05, 3.63) is 83.6 Å². The van der Waals surface area contributed by atoms with E-state index in [0.717, 1.165) is 6.26 Å². The van der Waals surface area contributed by atoms with Crippen molar-refractivity contribution < 1.29 is 27.1 Å². The summed E-state index contributed by atoms with van der Waals surface area (Å²) in [5, 5.41) is 2.66. The van der Waals surface area contributed by atoms with Crippen LogP contribution < -0.4 is 5.32 Å². The third-order valence-corrected chi connectivity index (χ3v) is 5.90. The summed E-state index contributed by atoms with van der Waals surface area (Å²) in [7, 11) is -3.39. The van der Waals surface area contributed by atoms with Crippen LogP contribution in [0.1, 0.15) is 34.5 Å². The highest BCUT2D eigenvalue weighted by Gasteiger charge is 2.23. The number of carbonyl (C=O) groups excluding carboxylic acids is 2. The highest BCUT2D eigenvalue weighted by molar-refractivity contribution is 7.90. The van der Waals surface area contributed by atoms with Crippen molar-refractivity contribution in [2.24, 2.45) is 0 Å². The molecule has 0 saturated carbocycles. The number of rotatable bonds is 8. The van der Waals surface area contributed by atoms with Crippen molar-refractivity contribution in [2.45, 2.75) is 24.2 Å². The second-order valence-corrected chi connectivity index (χ2v) is 9.24. The Hall–Kier alpha value is -3.66. The van der Waals surface area contributed by atoms with Gasteiger partial charge in [0.1, 0.15) is 5.82 Å². The second-order valence-electron chi connectivity index (χ2n) is 7.22. The second kappa shape index (κ2) is 10.3. The molecular weight excluding hydrogens is 449 g/mol. The predicted molar refractivity (Wildman–Crippen MR) is 119 cm³/mol. The average molecular weight is 472 g/mol. The van der Waals surface area contributed by atoms with Gasteiger partial charge in [0.25, 0.3) is 0 Å². The van der Waals surface area contributed by atoms with Gasteiger partial charge in [-0.3, -0.25) is 4.79 Å². The van der Waals surface area contributed by atoms with Crippen LogP contribution in [-0.2, 0) is 25.8 Å². The third-order valence-electron chi connectivity index (χ3n) is 4.77. The smallest absolute Gasteiger partial charge is 0.358 e. The summed E-state index contributed by atoms with van der Waals surface area (Å²) in [5.41, 5.74) is 1.29. The third kappa shape index (κ3) is 6.42. The van der Waals surface area contributed by atoms with E-state index in [2.05, 4.69) is 15.3 Å². The molecule has 1 amide bonds. The molecule has 1 atom stereocenters. The molecule has 172 valence electrons. The van der Waals surface area contributed by atoms with Crippen LogP contribution >= 0.6 is 0 Å². The monoisotopic (exact) mass is 471 g/mol. The Morgan fingerprint density at radius 1 is 1.03 bits per heavy atom. The van der Waals surface area contributed by atoms with Crippen LogP contribution in [0.15, 0.2) is 65.8 Å². The van der Waals surface area contributed by atoms with Crippen LogP contribution in [0.4, 0.5) is 10.2 Å². The number of esters is 1. The van der Waals surface area contributed by atoms with Gasteiger partial charge in [0.2, 0.25) is 5.91 Å². The van der Waals surface area contributed by atoms with E-state index < -0.39 is 33.4 Å². The zero-order valence-electron chi connectivity index (χ0n) is 18.0. The van der Waals surface area contributed by atoms with Crippen molar-refractivity contribution in [3.8, 4) is 0 Å². The zero-order valence-corrected chi connectivity index (χ0v) is 18.8. The van der Waals surface area contributed by atoms with Gasteiger partial charge in [0.05, 0.1) is 29.8 Å². The first-order chi connectivity index (χ1) is 15.7. The molecule has 1 aromatic heterocycles. The summed E-state index contributed by atoms with van der Waals surface area (Å²) in [6.45, 7) is 1.87. The number of nitrogens with zero attached hydrogens (tertiary/aromatic N) is 2. The molecule has 0 fully saturated rings. The van der Waals surface area contributed by atoms with Gasteiger partial charge in [-0.25, -0.2) is 27.6 Å². The van der Waals surface area contributed by atoms with Gasteiger partial charge in [0.15, 0.2) is 21.3 Å². The van der Waals surface area contributed by atoms with Gasteiger partial charge in [-0.2, -0.15) is 0 Å². The minimum Gasteiger partial charge on any atom is -0.461 e. The lowest BCUT2D eigenvalue weighted by Crippen LogP contribution is -2.24. The van der Waals surface area contributed by atoms with Crippen LogP contribution in [0.5, 0.6) is 0 Å². The zero-order chi connectivity index (χ0) is 24.0. The molecule has 3 rings (SSSR count). The molecule has 1 heterocycles. The number of anilines is 1. The van der Waals surface area contributed by atoms with Gasteiger partial charge in [-0.15, -0.1) is 0 Å². The topological polar surface area (TPSA) is 115 Å². The number of benzene rings is 2. The maximum Gasteiger partial charge on any atom is 0.358 e. The summed E-state index contributed by atoms with van der Waals surface area (Å²) in [5.74, 6) is -2.04. The fraction of sp³-hybridized carbons (Fsp3) is 0.217. The largest absolute Gasteiger partial charge is 0.461 e. The normalized spacial score (nSPS) is 12.1. The van der Waals surface area contributed by atoms with E-state index >= 15 is 0 Å². The molecule has 0 aliphatic rings. The highest BCUT2D eigenvalue weighted by Crippen LogP contribution is 2.24. The maximum atomic E-state index is 13.3. The fourth-order valence-electron chi connectivity index (χ4n) is 3.08. The minimum atomic E-state index is -3.39. The number of hydrogen-bond acceptors (Lipinski definition) is 7. The Balaban J connectivity index is 1.85. The summed E-state index contributed by atoms with van der Waals surface area (Å²) >= 11 is 0. The lowest BCUT2D eigenvalue weighted by molar-refractivity contribution is -0.117. The van der Waals surface area contributed by atoms with Gasteiger partial charge < -0.3 is 10.1 Å². The number of carbonyl (C=O) groups is 2. The first-order valence-electron chi connectivity index (χ1n) is 10.0. The summed E-state index contributed by atoms with van der Waals surface area (Å²) in [6, 6.07) is 11.8. The number of halogens is 1. The maximum absolute atomic E-state index is 13.3. The van der Waals surface area contributed by atoms with Crippen molar-refractivity contribution >= 4 is 27.5 Å². The van der Waals surface area contributed by atoms with Crippen molar-refractivity contribution in [1.82, 2.24) is 9.97 Å². The van der Waals surface area contributed by atoms with E-state index in [9.17, 15) is 22.4 Å². The number of amides is 1. The van der Waals surface area contributed by atoms with E-state index in [4.69, 9.17) is 4.74 Å². The molecule has 8 nitrogen and oxygen atoms in total. The lowest BCUT2D eigenvalue weighted by Gasteiger charge is -2.18. The van der Waals surface area contributed by atoms with Crippen LogP contribution in [-0.4, -0.2) is 43.1 Å². The Morgan fingerprint density at radius 3 is 2.24 bits per heavy atom. The standard InChI is InChI=1S/C23H22FN3O5S/c1-3-32-23(29)20-13-26-21(14-25-20)27-22(28)19(12-15-4-8-17(24)9-5-15)16-6-10-18(11-7-16)33(2,30)31/h4-11,13-14,19H,3,12H2,1-2H3,(H,26,27,28). The minimum absolute atomic E-state index is 0.00840. The molecule has 0 radical (unpaired) electrons. The molecule has 10 heteroatoms. The molecule has 0 aliphatic heterocycles. The molecule has 1 unspecified atom stereocenters. The van der Waals surface area contributed by atoms with E-state index in [1.165, 1.54) is 36.7 Å². The van der Waals surface area contributed by atoms with Gasteiger partial charge >= 0.3 is 5.97 Å². The number of aromatic nitrogens is 2. The molecule has 33 heavy (non-hydrogen) atoms. The molecule has 2 aromatic carbocycles. The SMILES string of the molecule is CCOC(=O)c1cnc(NC(=O)C(Cc2ccc(F)cc2)c2ccc(S(C)(=O)=O)cc2)cn1. The van der Waals surface area contributed by atoms with Gasteiger partial charge in [0, 0.05) is 6.26 Å². The Bertz CT molecular complexity index is 1230. The molecule has 0 saturated heterocycles. The number of ether oxygens (including phenoxy) is 1. The van der Waals surface area contributed by atoms with Crippen molar-refractivity contribution in [3.63, 3.8) is 0 Å². The first-order valence-corrected chi connectivity index (χ1v) is 11.9. The molecular formula is C23H22FN3O5S. The molecule has 0 spiro atoms. The fourth-order valence-corrected chi connectivity index (χ4v) is 3.71. The van der Waals surface area contributed by atoms with Crippen LogP contribution in [0.2, 0.25) is 0 Å². The predicted octanol–water partition coefficient (Wildman–Crippen LogP) is 3.16. The lowest BCUT2D eigenvalue weighted by atomic mass is 9.91. The summed E-state index contributed by atoms with van der Waals surface area (Å²) < 4.78 is 41.7. The van der Waals surface area contributed by atoms with Crippen LogP contribution in [0.3, 0.4) is 0 Å². The Kier molecular flexibility index (Phi) is 7.49. The first kappa shape index (κ1) is 24.0. The molecule has 0 bridgehead atoms. The number of nitrogens with one attached hydrogen (secondary N) is 1.